The Labute approximate surface area is 169 Å². The molecule has 9 nitrogen and oxygen atoms in total. The smallest absolute Gasteiger partial charge is 0.270 e. The van der Waals surface area contributed by atoms with Crippen LogP contribution in [0.3, 0.4) is 0 Å². The number of aliphatic hydroxyl groups is 1. The second-order valence-electron chi connectivity index (χ2n) is 6.34. The number of halogens is 1. The van der Waals surface area contributed by atoms with Crippen molar-refractivity contribution in [1.29, 1.82) is 0 Å². The number of hydrogen-bond acceptors (Lipinski definition) is 8. The molecule has 0 atom stereocenters. The van der Waals surface area contributed by atoms with Crippen molar-refractivity contribution in [2.45, 2.75) is 6.42 Å². The zero-order chi connectivity index (χ0) is 21.1. The van der Waals surface area contributed by atoms with Crippen molar-refractivity contribution in [2.24, 2.45) is 0 Å². The predicted molar refractivity (Wildman–Crippen MR) is 103 cm³/mol. The summed E-state index contributed by atoms with van der Waals surface area (Å²) in [5.74, 6) is -1.07. The van der Waals surface area contributed by atoms with E-state index in [4.69, 9.17) is 9.52 Å². The lowest BCUT2D eigenvalue weighted by molar-refractivity contribution is 0.0941. The van der Waals surface area contributed by atoms with Crippen LogP contribution in [0.2, 0.25) is 0 Å². The number of aromatic hydroxyl groups is 1. The normalized spacial score (nSPS) is 11.0. The lowest BCUT2D eigenvalue weighted by Gasteiger charge is -2.09. The predicted octanol–water partition coefficient (Wildman–Crippen LogP) is 1.84. The van der Waals surface area contributed by atoms with Gasteiger partial charge in [-0.1, -0.05) is 12.1 Å². The fourth-order valence-corrected chi connectivity index (χ4v) is 2.90. The second-order valence-corrected chi connectivity index (χ2v) is 6.34. The van der Waals surface area contributed by atoms with Gasteiger partial charge in [-0.15, -0.1) is 10.2 Å². The molecule has 0 unspecified atom stereocenters. The average molecular weight is 409 g/mol. The third-order valence-electron chi connectivity index (χ3n) is 4.29. The highest BCUT2D eigenvalue weighted by Gasteiger charge is 2.23. The number of aromatic nitrogens is 4. The van der Waals surface area contributed by atoms with Gasteiger partial charge in [0.1, 0.15) is 17.0 Å². The molecule has 3 heterocycles. The van der Waals surface area contributed by atoms with Crippen molar-refractivity contribution >= 4 is 16.8 Å². The Bertz CT molecular complexity index is 1210. The Morgan fingerprint density at radius 3 is 2.73 bits per heavy atom. The fourth-order valence-electron chi connectivity index (χ4n) is 2.90. The Kier molecular flexibility index (Phi) is 5.31. The Morgan fingerprint density at radius 1 is 1.17 bits per heavy atom. The highest BCUT2D eigenvalue weighted by Crippen LogP contribution is 2.34. The first kappa shape index (κ1) is 19.4. The number of fused-ring (bicyclic) bond motifs is 1. The van der Waals surface area contributed by atoms with Crippen molar-refractivity contribution in [3.8, 4) is 17.3 Å². The molecule has 0 spiro atoms. The highest BCUT2D eigenvalue weighted by atomic mass is 19.1. The largest absolute Gasteiger partial charge is 0.504 e. The first-order valence-corrected chi connectivity index (χ1v) is 9.00. The van der Waals surface area contributed by atoms with E-state index in [-0.39, 0.29) is 59.8 Å². The van der Waals surface area contributed by atoms with Gasteiger partial charge >= 0.3 is 0 Å². The Morgan fingerprint density at radius 2 is 1.97 bits per heavy atom. The van der Waals surface area contributed by atoms with Crippen LogP contribution in [-0.2, 0) is 6.42 Å². The molecule has 0 saturated carbocycles. The van der Waals surface area contributed by atoms with Crippen LogP contribution < -0.4 is 5.32 Å². The van der Waals surface area contributed by atoms with E-state index in [9.17, 15) is 14.3 Å². The van der Waals surface area contributed by atoms with Gasteiger partial charge in [-0.05, 0) is 29.8 Å². The van der Waals surface area contributed by atoms with Crippen molar-refractivity contribution in [3.05, 3.63) is 65.6 Å². The number of benzene rings is 1. The van der Waals surface area contributed by atoms with Crippen molar-refractivity contribution in [3.63, 3.8) is 0 Å². The van der Waals surface area contributed by atoms with E-state index in [1.807, 2.05) is 0 Å². The van der Waals surface area contributed by atoms with Crippen molar-refractivity contribution in [1.82, 2.24) is 25.5 Å². The minimum atomic E-state index is -0.547. The standard InChI is InChI=1S/C20H16FN5O4/c21-12-5-3-11(4-6-12)10-14-25-26-20(30-14)17-18(28)15-13(2-1-7-22-15)16(24-17)19(29)23-8-9-27/h1-7,27-28H,8-10H2,(H,23,29). The van der Waals surface area contributed by atoms with Gasteiger partial charge in [-0.2, -0.15) is 0 Å². The molecule has 4 rings (SSSR count). The molecule has 0 aliphatic rings. The lowest BCUT2D eigenvalue weighted by Crippen LogP contribution is -2.27. The molecule has 3 aromatic heterocycles. The monoisotopic (exact) mass is 409 g/mol. The summed E-state index contributed by atoms with van der Waals surface area (Å²) in [6.07, 6.45) is 1.72. The van der Waals surface area contributed by atoms with Gasteiger partial charge in [0.05, 0.1) is 13.0 Å². The molecule has 0 bridgehead atoms. The van der Waals surface area contributed by atoms with Crippen LogP contribution in [0.15, 0.2) is 47.0 Å². The third-order valence-corrected chi connectivity index (χ3v) is 4.29. The highest BCUT2D eigenvalue weighted by molar-refractivity contribution is 6.07. The minimum absolute atomic E-state index is 0.00219. The number of nitrogens with zero attached hydrogens (tertiary/aromatic N) is 4. The number of carbonyl (C=O) groups excluding carboxylic acids is 1. The number of amides is 1. The van der Waals surface area contributed by atoms with Crippen LogP contribution in [0.4, 0.5) is 4.39 Å². The summed E-state index contributed by atoms with van der Waals surface area (Å²) in [4.78, 5) is 20.8. The second kappa shape index (κ2) is 8.21. The topological polar surface area (TPSA) is 134 Å². The summed E-state index contributed by atoms with van der Waals surface area (Å²) in [5, 5.41) is 30.3. The van der Waals surface area contributed by atoms with Crippen LogP contribution >= 0.6 is 0 Å². The van der Waals surface area contributed by atoms with Gasteiger partial charge in [-0.25, -0.2) is 9.37 Å². The molecule has 1 amide bonds. The molecule has 4 aromatic rings. The number of nitrogens with one attached hydrogen (secondary N) is 1. The summed E-state index contributed by atoms with van der Waals surface area (Å²) < 4.78 is 18.7. The fraction of sp³-hybridized carbons (Fsp3) is 0.150. The van der Waals surface area contributed by atoms with Crippen LogP contribution in [-0.4, -0.2) is 49.4 Å². The van der Waals surface area contributed by atoms with E-state index < -0.39 is 5.91 Å². The van der Waals surface area contributed by atoms with E-state index in [1.165, 1.54) is 18.3 Å². The van der Waals surface area contributed by atoms with Gasteiger partial charge in [0, 0.05) is 18.1 Å². The van der Waals surface area contributed by atoms with Crippen LogP contribution in [0.1, 0.15) is 21.9 Å². The molecule has 0 fully saturated rings. The molecule has 0 aliphatic heterocycles. The lowest BCUT2D eigenvalue weighted by atomic mass is 10.1. The molecule has 0 aliphatic carbocycles. The molecular weight excluding hydrogens is 393 g/mol. The maximum absolute atomic E-state index is 13.1. The Balaban J connectivity index is 1.73. The van der Waals surface area contributed by atoms with Crippen LogP contribution in [0, 0.1) is 5.82 Å². The summed E-state index contributed by atoms with van der Waals surface area (Å²) in [7, 11) is 0. The summed E-state index contributed by atoms with van der Waals surface area (Å²) >= 11 is 0. The molecule has 30 heavy (non-hydrogen) atoms. The zero-order valence-electron chi connectivity index (χ0n) is 15.5. The third kappa shape index (κ3) is 3.80. The van der Waals surface area contributed by atoms with Gasteiger partial charge < -0.3 is 19.9 Å². The van der Waals surface area contributed by atoms with Gasteiger partial charge in [0.25, 0.3) is 11.8 Å². The average Bonchev–Trinajstić information content (AvgIpc) is 3.22. The summed E-state index contributed by atoms with van der Waals surface area (Å²) in [5.41, 5.74) is 0.814. The molecule has 10 heteroatoms. The minimum Gasteiger partial charge on any atom is -0.504 e. The number of hydrogen-bond donors (Lipinski definition) is 3. The van der Waals surface area contributed by atoms with Gasteiger partial charge in [-0.3, -0.25) is 9.78 Å². The summed E-state index contributed by atoms with van der Waals surface area (Å²) in [6.45, 7) is -0.190. The molecule has 152 valence electrons. The molecular formula is C20H16FN5O4. The number of rotatable bonds is 6. The summed E-state index contributed by atoms with van der Waals surface area (Å²) in [6, 6.07) is 9.05. The maximum Gasteiger partial charge on any atom is 0.270 e. The number of aliphatic hydroxyl groups excluding tert-OH is 1. The van der Waals surface area contributed by atoms with Crippen molar-refractivity contribution in [2.75, 3.05) is 13.2 Å². The molecule has 1 aromatic carbocycles. The van der Waals surface area contributed by atoms with E-state index >= 15 is 0 Å². The zero-order valence-corrected chi connectivity index (χ0v) is 15.5. The first-order chi connectivity index (χ1) is 14.6. The van der Waals surface area contributed by atoms with Gasteiger partial charge in [0.15, 0.2) is 11.4 Å². The van der Waals surface area contributed by atoms with Crippen LogP contribution in [0.25, 0.3) is 22.5 Å². The molecule has 0 saturated heterocycles. The number of carbonyl (C=O) groups is 1. The van der Waals surface area contributed by atoms with Gasteiger partial charge in [0.2, 0.25) is 5.89 Å². The Hall–Kier alpha value is -3.92. The van der Waals surface area contributed by atoms with Crippen molar-refractivity contribution < 1.29 is 23.8 Å². The maximum atomic E-state index is 13.1. The van der Waals surface area contributed by atoms with E-state index in [1.54, 1.807) is 24.3 Å². The quantitative estimate of drug-likeness (QED) is 0.439. The van der Waals surface area contributed by atoms with E-state index in [0.29, 0.717) is 5.39 Å². The molecule has 0 radical (unpaired) electrons. The van der Waals surface area contributed by atoms with Crippen LogP contribution in [0.5, 0.6) is 5.75 Å². The SMILES string of the molecule is O=C(NCCO)c1nc(-c2nnc(Cc3ccc(F)cc3)o2)c(O)c2ncccc12. The molecule has 3 N–H and O–H groups in total. The first-order valence-electron chi connectivity index (χ1n) is 9.00. The van der Waals surface area contributed by atoms with E-state index in [2.05, 4.69) is 25.5 Å². The number of pyridine rings is 2. The van der Waals surface area contributed by atoms with E-state index in [0.717, 1.165) is 5.56 Å².